The van der Waals surface area contributed by atoms with Crippen molar-refractivity contribution in [3.8, 4) is 0 Å². The smallest absolute Gasteiger partial charge is 0.333 e. The Morgan fingerprint density at radius 3 is 2.67 bits per heavy atom. The average molecular weight is 127 g/mol. The van der Waals surface area contributed by atoms with Gasteiger partial charge in [0.25, 0.3) is 0 Å². The summed E-state index contributed by atoms with van der Waals surface area (Å²) in [5, 5.41) is 0. The van der Waals surface area contributed by atoms with Gasteiger partial charge in [0.2, 0.25) is 6.29 Å². The van der Waals surface area contributed by atoms with Gasteiger partial charge in [-0.05, 0) is 6.92 Å². The Morgan fingerprint density at radius 2 is 2.33 bits per heavy atom. The van der Waals surface area contributed by atoms with Gasteiger partial charge in [-0.2, -0.15) is 0 Å². The second kappa shape index (κ2) is 3.83. The summed E-state index contributed by atoms with van der Waals surface area (Å²) in [5.74, 6) is -0.557. The average Bonchev–Trinajstić information content (AvgIpc) is 1.82. The molecule has 9 heavy (non-hydrogen) atoms. The van der Waals surface area contributed by atoms with Crippen LogP contribution in [0.1, 0.15) is 6.92 Å². The van der Waals surface area contributed by atoms with Crippen molar-refractivity contribution in [1.82, 2.24) is 0 Å². The second-order valence-corrected chi connectivity index (χ2v) is 1.50. The van der Waals surface area contributed by atoms with Gasteiger partial charge >= 0.3 is 5.97 Å². The lowest BCUT2D eigenvalue weighted by molar-refractivity contribution is -0.137. The molecular formula is C6H7O3. The molecule has 0 aliphatic rings. The van der Waals surface area contributed by atoms with E-state index in [0.717, 1.165) is 0 Å². The maximum absolute atomic E-state index is 10.4. The molecule has 0 aromatic carbocycles. The minimum absolute atomic E-state index is 0.283. The first-order valence-corrected chi connectivity index (χ1v) is 2.36. The highest BCUT2D eigenvalue weighted by Gasteiger charge is 2.00. The second-order valence-electron chi connectivity index (χ2n) is 1.50. The normalized spacial score (nSPS) is 8.11. The summed E-state index contributed by atoms with van der Waals surface area (Å²) in [5.41, 5.74) is 0.283. The van der Waals surface area contributed by atoms with E-state index in [1.807, 2.05) is 0 Å². The van der Waals surface area contributed by atoms with E-state index in [4.69, 9.17) is 0 Å². The van der Waals surface area contributed by atoms with Crippen LogP contribution in [0.15, 0.2) is 12.2 Å². The lowest BCUT2D eigenvalue weighted by Gasteiger charge is -1.95. The maximum Gasteiger partial charge on any atom is 0.333 e. The number of hydrogen-bond donors (Lipinski definition) is 0. The largest absolute Gasteiger partial charge is 0.454 e. The van der Waals surface area contributed by atoms with Crippen LogP contribution in [0.25, 0.3) is 0 Å². The van der Waals surface area contributed by atoms with Crippen LogP contribution in [0.2, 0.25) is 0 Å². The lowest BCUT2D eigenvalue weighted by atomic mass is 10.4. The number of carbonyl (C=O) groups excluding carboxylic acids is 2. The highest BCUT2D eigenvalue weighted by molar-refractivity contribution is 5.87. The van der Waals surface area contributed by atoms with E-state index < -0.39 is 5.97 Å². The Labute approximate surface area is 53.3 Å². The van der Waals surface area contributed by atoms with Crippen LogP contribution < -0.4 is 0 Å². The van der Waals surface area contributed by atoms with E-state index in [9.17, 15) is 9.59 Å². The predicted molar refractivity (Wildman–Crippen MR) is 31.5 cm³/mol. The summed E-state index contributed by atoms with van der Waals surface area (Å²) in [7, 11) is 0. The van der Waals surface area contributed by atoms with Crippen LogP contribution in [0.4, 0.5) is 0 Å². The highest BCUT2D eigenvalue weighted by Crippen LogP contribution is 1.89. The molecule has 0 bridgehead atoms. The number of rotatable bonds is 3. The summed E-state index contributed by atoms with van der Waals surface area (Å²) in [6.45, 7) is 4.50. The van der Waals surface area contributed by atoms with Gasteiger partial charge in [0, 0.05) is 5.57 Å². The molecule has 0 N–H and O–H groups in total. The molecular weight excluding hydrogens is 120 g/mol. The topological polar surface area (TPSA) is 43.4 Å². The fourth-order valence-electron chi connectivity index (χ4n) is 0.218. The molecule has 0 amide bonds. The Balaban J connectivity index is 3.51. The van der Waals surface area contributed by atoms with Gasteiger partial charge in [-0.25, -0.2) is 4.79 Å². The third kappa shape index (κ3) is 3.46. The van der Waals surface area contributed by atoms with Gasteiger partial charge in [0.1, 0.15) is 0 Å². The van der Waals surface area contributed by atoms with Crippen LogP contribution >= 0.6 is 0 Å². The van der Waals surface area contributed by atoms with Gasteiger partial charge in [-0.15, -0.1) is 0 Å². The molecule has 3 nitrogen and oxygen atoms in total. The Bertz CT molecular complexity index is 137. The predicted octanol–water partition coefficient (Wildman–Crippen LogP) is 0.215. The summed E-state index contributed by atoms with van der Waals surface area (Å²) in [4.78, 5) is 19.9. The minimum atomic E-state index is -0.557. The molecule has 49 valence electrons. The molecule has 1 radical (unpaired) electrons. The summed E-state index contributed by atoms with van der Waals surface area (Å²) in [6, 6.07) is 0. The van der Waals surface area contributed by atoms with E-state index >= 15 is 0 Å². The lowest BCUT2D eigenvalue weighted by Crippen LogP contribution is -2.06. The summed E-state index contributed by atoms with van der Waals surface area (Å²) < 4.78 is 4.29. The number of ether oxygens (including phenoxy) is 1. The molecule has 0 rings (SSSR count). The van der Waals surface area contributed by atoms with Crippen LogP contribution in [-0.2, 0) is 14.3 Å². The standard InChI is InChI=1S/C6H7O3/c1-5(2)6(8)9-4-3-7/h1,4H2,2H3. The van der Waals surface area contributed by atoms with Crippen LogP contribution in [0.5, 0.6) is 0 Å². The van der Waals surface area contributed by atoms with Crippen LogP contribution in [0, 0.1) is 0 Å². The third-order valence-corrected chi connectivity index (χ3v) is 0.611. The molecule has 0 aliphatic carbocycles. The van der Waals surface area contributed by atoms with Crippen molar-refractivity contribution in [2.45, 2.75) is 6.92 Å². The summed E-state index contributed by atoms with van der Waals surface area (Å²) >= 11 is 0. The first kappa shape index (κ1) is 7.88. The van der Waals surface area contributed by atoms with Gasteiger partial charge < -0.3 is 4.74 Å². The van der Waals surface area contributed by atoms with Crippen molar-refractivity contribution >= 4 is 12.3 Å². The van der Waals surface area contributed by atoms with Crippen molar-refractivity contribution in [3.63, 3.8) is 0 Å². The minimum Gasteiger partial charge on any atom is -0.454 e. The van der Waals surface area contributed by atoms with E-state index in [2.05, 4.69) is 11.3 Å². The van der Waals surface area contributed by atoms with Gasteiger partial charge in [-0.1, -0.05) is 6.58 Å². The first-order chi connectivity index (χ1) is 4.18. The van der Waals surface area contributed by atoms with E-state index in [1.165, 1.54) is 13.2 Å². The van der Waals surface area contributed by atoms with E-state index in [-0.39, 0.29) is 12.2 Å². The molecule has 0 saturated carbocycles. The molecule has 0 aromatic heterocycles. The molecule has 3 heteroatoms. The van der Waals surface area contributed by atoms with Crippen molar-refractivity contribution in [3.05, 3.63) is 12.2 Å². The summed E-state index contributed by atoms with van der Waals surface area (Å²) in [6.07, 6.45) is 1.42. The fraction of sp³-hybridized carbons (Fsp3) is 0.333. The number of esters is 1. The number of carbonyl (C=O) groups is 1. The van der Waals surface area contributed by atoms with Crippen molar-refractivity contribution in [1.29, 1.82) is 0 Å². The molecule has 0 aliphatic heterocycles. The molecule has 0 aromatic rings. The van der Waals surface area contributed by atoms with Crippen molar-refractivity contribution in [2.24, 2.45) is 0 Å². The molecule has 0 spiro atoms. The molecule has 0 atom stereocenters. The molecule has 0 fully saturated rings. The molecule has 0 saturated heterocycles. The third-order valence-electron chi connectivity index (χ3n) is 0.611. The Morgan fingerprint density at radius 1 is 1.78 bits per heavy atom. The first-order valence-electron chi connectivity index (χ1n) is 2.36. The van der Waals surface area contributed by atoms with Gasteiger partial charge in [0.05, 0.1) is 0 Å². The van der Waals surface area contributed by atoms with Crippen molar-refractivity contribution in [2.75, 3.05) is 6.61 Å². The monoisotopic (exact) mass is 127 g/mol. The highest BCUT2D eigenvalue weighted by atomic mass is 16.5. The van der Waals surface area contributed by atoms with E-state index in [1.54, 1.807) is 0 Å². The van der Waals surface area contributed by atoms with Gasteiger partial charge in [-0.3, -0.25) is 4.79 Å². The Kier molecular flexibility index (Phi) is 3.35. The zero-order valence-electron chi connectivity index (χ0n) is 5.14. The SMILES string of the molecule is C=C(C)C(=O)OC[C]=O. The van der Waals surface area contributed by atoms with Crippen LogP contribution in [0.3, 0.4) is 0 Å². The molecule has 0 heterocycles. The maximum atomic E-state index is 10.4. The van der Waals surface area contributed by atoms with Gasteiger partial charge in [0.15, 0.2) is 6.61 Å². The zero-order valence-corrected chi connectivity index (χ0v) is 5.14. The zero-order chi connectivity index (χ0) is 7.28. The number of hydrogen-bond acceptors (Lipinski definition) is 3. The van der Waals surface area contributed by atoms with Crippen molar-refractivity contribution < 1.29 is 14.3 Å². The van der Waals surface area contributed by atoms with E-state index in [0.29, 0.717) is 0 Å². The quantitative estimate of drug-likeness (QED) is 0.402. The Hall–Kier alpha value is -1.12. The molecule has 0 unspecified atom stereocenters. The fourth-order valence-corrected chi connectivity index (χ4v) is 0.218. The van der Waals surface area contributed by atoms with Crippen LogP contribution in [-0.4, -0.2) is 18.9 Å².